The summed E-state index contributed by atoms with van der Waals surface area (Å²) in [4.78, 5) is 4.34. The number of imidazole rings is 1. The molecule has 1 aromatic carbocycles. The van der Waals surface area contributed by atoms with E-state index in [-0.39, 0.29) is 6.61 Å². The number of halogens is 2. The molecule has 1 aliphatic heterocycles. The Bertz CT molecular complexity index is 625. The third-order valence-electron chi connectivity index (χ3n) is 3.29. The van der Waals surface area contributed by atoms with Crippen molar-refractivity contribution in [2.45, 2.75) is 19.7 Å². The maximum absolute atomic E-state index is 13.3. The molecule has 0 bridgehead atoms. The Morgan fingerprint density at radius 2 is 2.16 bits per heavy atom. The molecule has 2 aromatic rings. The number of nitrogens with one attached hydrogen (secondary N) is 1. The van der Waals surface area contributed by atoms with E-state index in [1.54, 1.807) is 0 Å². The van der Waals surface area contributed by atoms with Crippen molar-refractivity contribution < 1.29 is 13.9 Å². The third-order valence-corrected chi connectivity index (χ3v) is 3.29. The monoisotopic (exact) mass is 265 g/mol. The van der Waals surface area contributed by atoms with Gasteiger partial charge in [0.25, 0.3) is 0 Å². The molecule has 1 aromatic heterocycles. The van der Waals surface area contributed by atoms with Gasteiger partial charge in [0.2, 0.25) is 0 Å². The van der Waals surface area contributed by atoms with Crippen molar-refractivity contribution in [1.82, 2.24) is 14.9 Å². The summed E-state index contributed by atoms with van der Waals surface area (Å²) < 4.78 is 28.2. The number of aliphatic hydroxyl groups is 1. The van der Waals surface area contributed by atoms with Gasteiger partial charge in [-0.05, 0) is 18.2 Å². The van der Waals surface area contributed by atoms with Crippen LogP contribution in [0.15, 0.2) is 18.2 Å². The SMILES string of the molecule is OCc1nc(-c2ccc(F)c(F)c2)n2c1CNCC2. The smallest absolute Gasteiger partial charge is 0.159 e. The molecule has 0 radical (unpaired) electrons. The molecule has 0 atom stereocenters. The van der Waals surface area contributed by atoms with Crippen LogP contribution >= 0.6 is 0 Å². The topological polar surface area (TPSA) is 50.1 Å². The highest BCUT2D eigenvalue weighted by Crippen LogP contribution is 2.25. The van der Waals surface area contributed by atoms with E-state index < -0.39 is 11.6 Å². The Morgan fingerprint density at radius 1 is 1.32 bits per heavy atom. The first-order valence-electron chi connectivity index (χ1n) is 6.06. The number of rotatable bonds is 2. The summed E-state index contributed by atoms with van der Waals surface area (Å²) in [6.45, 7) is 1.93. The van der Waals surface area contributed by atoms with Crippen LogP contribution in [0.3, 0.4) is 0 Å². The van der Waals surface area contributed by atoms with Crippen LogP contribution in [0.2, 0.25) is 0 Å². The number of nitrogens with zero attached hydrogens (tertiary/aromatic N) is 2. The van der Waals surface area contributed by atoms with Crippen molar-refractivity contribution in [3.8, 4) is 11.4 Å². The van der Waals surface area contributed by atoms with Crippen LogP contribution in [0.1, 0.15) is 11.4 Å². The molecule has 0 unspecified atom stereocenters. The lowest BCUT2D eigenvalue weighted by molar-refractivity contribution is 0.275. The number of hydrogen-bond acceptors (Lipinski definition) is 3. The highest BCUT2D eigenvalue weighted by Gasteiger charge is 2.20. The Kier molecular flexibility index (Phi) is 3.04. The Hall–Kier alpha value is -1.79. The van der Waals surface area contributed by atoms with Gasteiger partial charge in [0.1, 0.15) is 5.82 Å². The zero-order chi connectivity index (χ0) is 13.4. The van der Waals surface area contributed by atoms with Gasteiger partial charge in [0, 0.05) is 25.2 Å². The number of fused-ring (bicyclic) bond motifs is 1. The van der Waals surface area contributed by atoms with Crippen molar-refractivity contribution in [3.63, 3.8) is 0 Å². The summed E-state index contributed by atoms with van der Waals surface area (Å²) in [6, 6.07) is 3.72. The van der Waals surface area contributed by atoms with Crippen molar-refractivity contribution in [2.75, 3.05) is 6.54 Å². The molecule has 4 nitrogen and oxygen atoms in total. The molecule has 0 saturated carbocycles. The summed E-state index contributed by atoms with van der Waals surface area (Å²) in [5.41, 5.74) is 1.99. The van der Waals surface area contributed by atoms with E-state index in [0.717, 1.165) is 24.4 Å². The quantitative estimate of drug-likeness (QED) is 0.863. The molecule has 6 heteroatoms. The molecule has 0 aliphatic carbocycles. The second-order valence-corrected chi connectivity index (χ2v) is 4.44. The van der Waals surface area contributed by atoms with Gasteiger partial charge in [-0.25, -0.2) is 13.8 Å². The van der Waals surface area contributed by atoms with E-state index in [0.29, 0.717) is 30.2 Å². The molecule has 19 heavy (non-hydrogen) atoms. The van der Waals surface area contributed by atoms with Gasteiger partial charge in [0.15, 0.2) is 11.6 Å². The van der Waals surface area contributed by atoms with Crippen LogP contribution in [-0.4, -0.2) is 21.2 Å². The summed E-state index contributed by atoms with van der Waals surface area (Å²) in [5, 5.41) is 12.5. The lowest BCUT2D eigenvalue weighted by Gasteiger charge is -2.18. The number of aromatic nitrogens is 2. The minimum Gasteiger partial charge on any atom is -0.390 e. The summed E-state index contributed by atoms with van der Waals surface area (Å²) >= 11 is 0. The lowest BCUT2D eigenvalue weighted by Crippen LogP contribution is -2.28. The fourth-order valence-electron chi connectivity index (χ4n) is 2.35. The average Bonchev–Trinajstić information content (AvgIpc) is 2.81. The predicted molar refractivity (Wildman–Crippen MR) is 65.2 cm³/mol. The van der Waals surface area contributed by atoms with Crippen LogP contribution in [-0.2, 0) is 19.7 Å². The Balaban J connectivity index is 2.14. The highest BCUT2D eigenvalue weighted by molar-refractivity contribution is 5.57. The summed E-state index contributed by atoms with van der Waals surface area (Å²) in [7, 11) is 0. The van der Waals surface area contributed by atoms with Gasteiger partial charge >= 0.3 is 0 Å². The molecule has 100 valence electrons. The maximum atomic E-state index is 13.3. The first kappa shape index (κ1) is 12.3. The zero-order valence-corrected chi connectivity index (χ0v) is 10.2. The molecular weight excluding hydrogens is 252 g/mol. The molecule has 2 N–H and O–H groups in total. The van der Waals surface area contributed by atoms with Gasteiger partial charge in [-0.3, -0.25) is 0 Å². The van der Waals surface area contributed by atoms with Crippen LogP contribution in [0.4, 0.5) is 8.78 Å². The van der Waals surface area contributed by atoms with Gasteiger partial charge in [-0.15, -0.1) is 0 Å². The van der Waals surface area contributed by atoms with Crippen molar-refractivity contribution in [3.05, 3.63) is 41.2 Å². The highest BCUT2D eigenvalue weighted by atomic mass is 19.2. The first-order chi connectivity index (χ1) is 9.20. The van der Waals surface area contributed by atoms with Crippen molar-refractivity contribution >= 4 is 0 Å². The fraction of sp³-hybridized carbons (Fsp3) is 0.308. The second kappa shape index (κ2) is 4.71. The van der Waals surface area contributed by atoms with Crippen LogP contribution in [0.25, 0.3) is 11.4 Å². The van der Waals surface area contributed by atoms with E-state index in [9.17, 15) is 13.9 Å². The lowest BCUT2D eigenvalue weighted by atomic mass is 10.2. The fourth-order valence-corrected chi connectivity index (χ4v) is 2.35. The van der Waals surface area contributed by atoms with Crippen molar-refractivity contribution in [2.24, 2.45) is 0 Å². The number of hydrogen-bond donors (Lipinski definition) is 2. The van der Waals surface area contributed by atoms with Gasteiger partial charge < -0.3 is 15.0 Å². The first-order valence-corrected chi connectivity index (χ1v) is 6.06. The van der Waals surface area contributed by atoms with E-state index >= 15 is 0 Å². The Labute approximate surface area is 108 Å². The molecule has 0 amide bonds. The number of aliphatic hydroxyl groups excluding tert-OH is 1. The van der Waals surface area contributed by atoms with Gasteiger partial charge in [-0.2, -0.15) is 0 Å². The van der Waals surface area contributed by atoms with Crippen LogP contribution in [0, 0.1) is 11.6 Å². The van der Waals surface area contributed by atoms with E-state index in [2.05, 4.69) is 10.3 Å². The normalized spacial score (nSPS) is 14.5. The molecule has 2 heterocycles. The van der Waals surface area contributed by atoms with Gasteiger partial charge in [0.05, 0.1) is 18.0 Å². The summed E-state index contributed by atoms with van der Waals surface area (Å²) in [5.74, 6) is -1.20. The average molecular weight is 265 g/mol. The van der Waals surface area contributed by atoms with Gasteiger partial charge in [-0.1, -0.05) is 0 Å². The predicted octanol–water partition coefficient (Wildman–Crippen LogP) is 1.42. The third kappa shape index (κ3) is 2.02. The zero-order valence-electron chi connectivity index (χ0n) is 10.2. The second-order valence-electron chi connectivity index (χ2n) is 4.44. The molecule has 3 rings (SSSR count). The largest absolute Gasteiger partial charge is 0.390 e. The Morgan fingerprint density at radius 3 is 2.89 bits per heavy atom. The minimum absolute atomic E-state index is 0.166. The molecular formula is C13H13F2N3O. The molecule has 0 saturated heterocycles. The van der Waals surface area contributed by atoms with E-state index in [1.165, 1.54) is 6.07 Å². The summed E-state index contributed by atoms with van der Waals surface area (Å²) in [6.07, 6.45) is 0. The van der Waals surface area contributed by atoms with Crippen molar-refractivity contribution in [1.29, 1.82) is 0 Å². The van der Waals surface area contributed by atoms with Crippen LogP contribution in [0.5, 0.6) is 0 Å². The number of benzene rings is 1. The van der Waals surface area contributed by atoms with Crippen LogP contribution < -0.4 is 5.32 Å². The minimum atomic E-state index is -0.894. The molecule has 0 spiro atoms. The molecule has 1 aliphatic rings. The molecule has 0 fully saturated rings. The maximum Gasteiger partial charge on any atom is 0.159 e. The standard InChI is InChI=1S/C13H13F2N3O/c14-9-2-1-8(5-10(9)15)13-17-11(7-19)12-6-16-3-4-18(12)13/h1-2,5,16,19H,3-4,6-7H2. The van der Waals surface area contributed by atoms with E-state index in [1.807, 2.05) is 4.57 Å². The van der Waals surface area contributed by atoms with E-state index in [4.69, 9.17) is 0 Å².